The fourth-order valence-corrected chi connectivity index (χ4v) is 1.19. The molecule has 1 rings (SSSR count). The van der Waals surface area contributed by atoms with Crippen molar-refractivity contribution in [1.82, 2.24) is 0 Å². The van der Waals surface area contributed by atoms with E-state index in [1.165, 1.54) is 6.07 Å². The van der Waals surface area contributed by atoms with E-state index in [4.69, 9.17) is 5.11 Å². The van der Waals surface area contributed by atoms with Gasteiger partial charge >= 0.3 is 0 Å². The highest BCUT2D eigenvalue weighted by atomic mass is 19.1. The topological polar surface area (TPSA) is 20.2 Å². The number of rotatable bonds is 3. The molecule has 0 fully saturated rings. The van der Waals surface area contributed by atoms with Gasteiger partial charge in [0.05, 0.1) is 6.61 Å². The van der Waals surface area contributed by atoms with Crippen molar-refractivity contribution in [2.75, 3.05) is 6.61 Å². The fourth-order valence-electron chi connectivity index (χ4n) is 1.19. The molecule has 0 spiro atoms. The van der Waals surface area contributed by atoms with E-state index in [1.807, 2.05) is 19.1 Å². The van der Waals surface area contributed by atoms with Crippen molar-refractivity contribution in [3.63, 3.8) is 0 Å². The molecular formula is C12H15FO. The van der Waals surface area contributed by atoms with Crippen molar-refractivity contribution < 1.29 is 9.50 Å². The van der Waals surface area contributed by atoms with Crippen LogP contribution in [0.4, 0.5) is 4.39 Å². The molecule has 1 aromatic carbocycles. The molecule has 0 atom stereocenters. The predicted molar refractivity (Wildman–Crippen MR) is 56.5 cm³/mol. The van der Waals surface area contributed by atoms with E-state index in [-0.39, 0.29) is 12.4 Å². The zero-order valence-corrected chi connectivity index (χ0v) is 8.55. The Hall–Kier alpha value is -1.15. The van der Waals surface area contributed by atoms with Crippen LogP contribution in [0.2, 0.25) is 0 Å². The lowest BCUT2D eigenvalue weighted by molar-refractivity contribution is 0.329. The van der Waals surface area contributed by atoms with Crippen LogP contribution in [0.5, 0.6) is 0 Å². The normalized spacial score (nSPS) is 11.9. The molecule has 0 saturated heterocycles. The average Bonchev–Trinajstić information content (AvgIpc) is 2.19. The molecule has 76 valence electrons. The van der Waals surface area contributed by atoms with E-state index in [1.54, 1.807) is 13.0 Å². The van der Waals surface area contributed by atoms with Crippen molar-refractivity contribution in [3.05, 3.63) is 40.7 Å². The minimum absolute atomic E-state index is 0.0337. The zero-order chi connectivity index (χ0) is 10.6. The summed E-state index contributed by atoms with van der Waals surface area (Å²) in [5.74, 6) is -0.202. The molecule has 14 heavy (non-hydrogen) atoms. The molecule has 0 heterocycles. The Morgan fingerprint density at radius 2 is 2.21 bits per heavy atom. The van der Waals surface area contributed by atoms with E-state index in [0.717, 1.165) is 17.6 Å². The Kier molecular flexibility index (Phi) is 3.84. The first-order valence-electron chi connectivity index (χ1n) is 4.73. The average molecular weight is 194 g/mol. The van der Waals surface area contributed by atoms with Gasteiger partial charge in [0.25, 0.3) is 0 Å². The lowest BCUT2D eigenvalue weighted by Gasteiger charge is -2.01. The summed E-state index contributed by atoms with van der Waals surface area (Å²) >= 11 is 0. The number of aryl methyl sites for hydroxylation is 1. The lowest BCUT2D eigenvalue weighted by Crippen LogP contribution is -1.89. The predicted octanol–water partition coefficient (Wildman–Crippen LogP) is 2.92. The molecular weight excluding hydrogens is 179 g/mol. The molecule has 0 saturated carbocycles. The van der Waals surface area contributed by atoms with Crippen LogP contribution < -0.4 is 0 Å². The molecule has 0 bridgehead atoms. The Morgan fingerprint density at radius 3 is 2.71 bits per heavy atom. The van der Waals surface area contributed by atoms with Gasteiger partial charge < -0.3 is 5.11 Å². The Labute approximate surface area is 83.9 Å². The summed E-state index contributed by atoms with van der Waals surface area (Å²) in [6.45, 7) is 3.73. The number of hydrogen-bond acceptors (Lipinski definition) is 1. The third-order valence-electron chi connectivity index (χ3n) is 2.22. The minimum atomic E-state index is -0.202. The van der Waals surface area contributed by atoms with Crippen molar-refractivity contribution in [1.29, 1.82) is 0 Å². The Balaban J connectivity index is 2.97. The first-order valence-corrected chi connectivity index (χ1v) is 4.73. The van der Waals surface area contributed by atoms with Crippen LogP contribution in [0.25, 0.3) is 6.08 Å². The van der Waals surface area contributed by atoms with Gasteiger partial charge in [0, 0.05) is 0 Å². The van der Waals surface area contributed by atoms with Crippen LogP contribution >= 0.6 is 0 Å². The fraction of sp³-hybridized carbons (Fsp3) is 0.333. The second-order valence-electron chi connectivity index (χ2n) is 3.32. The Bertz CT molecular complexity index is 336. The monoisotopic (exact) mass is 194 g/mol. The van der Waals surface area contributed by atoms with Crippen LogP contribution in [-0.4, -0.2) is 11.7 Å². The molecule has 0 aliphatic rings. The van der Waals surface area contributed by atoms with Crippen LogP contribution in [0, 0.1) is 12.7 Å². The molecule has 0 radical (unpaired) electrons. The van der Waals surface area contributed by atoms with Crippen LogP contribution in [-0.2, 0) is 0 Å². The van der Waals surface area contributed by atoms with Crippen molar-refractivity contribution in [2.45, 2.75) is 20.3 Å². The maximum absolute atomic E-state index is 13.1. The maximum atomic E-state index is 13.1. The molecule has 1 N–H and O–H groups in total. The van der Waals surface area contributed by atoms with Gasteiger partial charge in [0.1, 0.15) is 5.82 Å². The zero-order valence-electron chi connectivity index (χ0n) is 8.55. The molecule has 0 unspecified atom stereocenters. The molecule has 2 heteroatoms. The molecule has 0 aliphatic heterocycles. The molecule has 0 aromatic heterocycles. The highest BCUT2D eigenvalue weighted by Crippen LogP contribution is 2.13. The minimum Gasteiger partial charge on any atom is -0.392 e. The summed E-state index contributed by atoms with van der Waals surface area (Å²) in [7, 11) is 0. The quantitative estimate of drug-likeness (QED) is 0.784. The molecule has 0 aliphatic carbocycles. The number of benzene rings is 1. The van der Waals surface area contributed by atoms with Crippen molar-refractivity contribution in [3.8, 4) is 0 Å². The molecule has 1 aromatic rings. The van der Waals surface area contributed by atoms with Gasteiger partial charge in [-0.2, -0.15) is 0 Å². The number of aliphatic hydroxyl groups excluding tert-OH is 1. The maximum Gasteiger partial charge on any atom is 0.126 e. The first kappa shape index (κ1) is 10.9. The van der Waals surface area contributed by atoms with Gasteiger partial charge in [-0.25, -0.2) is 4.39 Å². The van der Waals surface area contributed by atoms with Crippen LogP contribution in [0.3, 0.4) is 0 Å². The Morgan fingerprint density at radius 1 is 1.50 bits per heavy atom. The van der Waals surface area contributed by atoms with E-state index in [2.05, 4.69) is 0 Å². The number of aliphatic hydroxyl groups is 1. The van der Waals surface area contributed by atoms with Gasteiger partial charge in [0.15, 0.2) is 0 Å². The second kappa shape index (κ2) is 4.91. The van der Waals surface area contributed by atoms with Gasteiger partial charge in [0.2, 0.25) is 0 Å². The standard InChI is InChI=1S/C12H15FO/c1-3-10(8-14)6-11-5-4-9(2)12(13)7-11/h4-7,14H,3,8H2,1-2H3. The summed E-state index contributed by atoms with van der Waals surface area (Å²) in [4.78, 5) is 0. The van der Waals surface area contributed by atoms with Gasteiger partial charge in [-0.3, -0.25) is 0 Å². The largest absolute Gasteiger partial charge is 0.392 e. The SMILES string of the molecule is CCC(=Cc1ccc(C)c(F)c1)CO. The summed E-state index contributed by atoms with van der Waals surface area (Å²) in [5, 5.41) is 8.95. The third kappa shape index (κ3) is 2.67. The van der Waals surface area contributed by atoms with E-state index in [9.17, 15) is 4.39 Å². The number of halogens is 1. The molecule has 0 amide bonds. The smallest absolute Gasteiger partial charge is 0.126 e. The highest BCUT2D eigenvalue weighted by molar-refractivity contribution is 5.53. The van der Waals surface area contributed by atoms with Crippen molar-refractivity contribution >= 4 is 6.08 Å². The van der Waals surface area contributed by atoms with Crippen LogP contribution in [0.15, 0.2) is 23.8 Å². The van der Waals surface area contributed by atoms with E-state index < -0.39 is 0 Å². The van der Waals surface area contributed by atoms with E-state index in [0.29, 0.717) is 5.56 Å². The molecule has 1 nitrogen and oxygen atoms in total. The van der Waals surface area contributed by atoms with E-state index >= 15 is 0 Å². The number of hydrogen-bond donors (Lipinski definition) is 1. The second-order valence-corrected chi connectivity index (χ2v) is 3.32. The van der Waals surface area contributed by atoms with Gasteiger partial charge in [-0.1, -0.05) is 25.1 Å². The van der Waals surface area contributed by atoms with Gasteiger partial charge in [-0.15, -0.1) is 0 Å². The highest BCUT2D eigenvalue weighted by Gasteiger charge is 1.98. The van der Waals surface area contributed by atoms with Crippen molar-refractivity contribution in [2.24, 2.45) is 0 Å². The van der Waals surface area contributed by atoms with Crippen LogP contribution in [0.1, 0.15) is 24.5 Å². The van der Waals surface area contributed by atoms with Gasteiger partial charge in [-0.05, 0) is 36.1 Å². The first-order chi connectivity index (χ1) is 6.67. The lowest BCUT2D eigenvalue weighted by atomic mass is 10.1. The summed E-state index contributed by atoms with van der Waals surface area (Å²) in [6, 6.07) is 5.08. The summed E-state index contributed by atoms with van der Waals surface area (Å²) in [6.07, 6.45) is 2.61. The summed E-state index contributed by atoms with van der Waals surface area (Å²) in [5.41, 5.74) is 2.36. The summed E-state index contributed by atoms with van der Waals surface area (Å²) < 4.78 is 13.1. The third-order valence-corrected chi connectivity index (χ3v) is 2.22.